The van der Waals surface area contributed by atoms with E-state index in [0.29, 0.717) is 32.6 Å². The Morgan fingerprint density at radius 3 is 2.70 bits per heavy atom. The van der Waals surface area contributed by atoms with E-state index >= 15 is 0 Å². The number of likely N-dealkylation sites (N-methyl/N-ethyl adjacent to an activating group) is 1. The molecule has 1 aliphatic heterocycles. The predicted octanol–water partition coefficient (Wildman–Crippen LogP) is 0.943. The Labute approximate surface area is 120 Å². The van der Waals surface area contributed by atoms with Gasteiger partial charge in [0.25, 0.3) is 0 Å². The van der Waals surface area contributed by atoms with Gasteiger partial charge in [-0.2, -0.15) is 0 Å². The maximum Gasteiger partial charge on any atom is 0.0818 e. The minimum atomic E-state index is -0.686. The summed E-state index contributed by atoms with van der Waals surface area (Å²) in [6.07, 6.45) is 3.12. The maximum atomic E-state index is 10.6. The summed E-state index contributed by atoms with van der Waals surface area (Å²) in [6, 6.07) is 5.79. The molecule has 20 heavy (non-hydrogen) atoms. The van der Waals surface area contributed by atoms with Gasteiger partial charge in [0.15, 0.2) is 0 Å². The molecule has 0 spiro atoms. The molecule has 1 aromatic heterocycles. The normalized spacial score (nSPS) is 21.6. The minimum Gasteiger partial charge on any atom is -0.388 e. The maximum absolute atomic E-state index is 10.6. The van der Waals surface area contributed by atoms with Crippen molar-refractivity contribution in [3.63, 3.8) is 0 Å². The van der Waals surface area contributed by atoms with Gasteiger partial charge in [-0.25, -0.2) is 0 Å². The first-order valence-corrected chi connectivity index (χ1v) is 7.19. The van der Waals surface area contributed by atoms with E-state index in [0.717, 1.165) is 5.69 Å². The summed E-state index contributed by atoms with van der Waals surface area (Å²) in [7, 11) is 2.00. The highest BCUT2D eigenvalue weighted by Gasteiger charge is 2.34. The van der Waals surface area contributed by atoms with Gasteiger partial charge in [-0.3, -0.25) is 9.88 Å². The van der Waals surface area contributed by atoms with Crippen LogP contribution in [0.4, 0.5) is 0 Å². The van der Waals surface area contributed by atoms with Crippen LogP contribution in [0.2, 0.25) is 0 Å². The molecule has 0 aromatic carbocycles. The third-order valence-electron chi connectivity index (χ3n) is 3.93. The monoisotopic (exact) mass is 279 g/mol. The van der Waals surface area contributed by atoms with Crippen LogP contribution in [0.3, 0.4) is 0 Å². The van der Waals surface area contributed by atoms with Crippen LogP contribution < -0.4 is 5.73 Å². The Bertz CT molecular complexity index is 405. The Kier molecular flexibility index (Phi) is 5.10. The average Bonchev–Trinajstić information content (AvgIpc) is 2.39. The molecule has 0 amide bonds. The first-order valence-electron chi connectivity index (χ1n) is 7.19. The summed E-state index contributed by atoms with van der Waals surface area (Å²) in [6.45, 7) is 3.80. The molecule has 2 unspecified atom stereocenters. The van der Waals surface area contributed by atoms with Crippen LogP contribution >= 0.6 is 0 Å². The van der Waals surface area contributed by atoms with E-state index in [1.54, 1.807) is 6.20 Å². The zero-order valence-electron chi connectivity index (χ0n) is 12.3. The molecular weight excluding hydrogens is 254 g/mol. The van der Waals surface area contributed by atoms with Gasteiger partial charge >= 0.3 is 0 Å². The summed E-state index contributed by atoms with van der Waals surface area (Å²) in [5, 5.41) is 10.6. The number of hydrogen-bond donors (Lipinski definition) is 2. The third-order valence-corrected chi connectivity index (χ3v) is 3.93. The summed E-state index contributed by atoms with van der Waals surface area (Å²) in [4.78, 5) is 6.52. The third kappa shape index (κ3) is 3.76. The van der Waals surface area contributed by atoms with Crippen molar-refractivity contribution >= 4 is 0 Å². The molecule has 1 aromatic rings. The van der Waals surface area contributed by atoms with Gasteiger partial charge in [-0.15, -0.1) is 0 Å². The van der Waals surface area contributed by atoms with Crippen molar-refractivity contribution in [2.75, 3.05) is 26.8 Å². The predicted molar refractivity (Wildman–Crippen MR) is 78.3 cm³/mol. The van der Waals surface area contributed by atoms with Crippen LogP contribution in [0.25, 0.3) is 0 Å². The molecule has 1 aliphatic rings. The Balaban J connectivity index is 2.09. The van der Waals surface area contributed by atoms with Gasteiger partial charge in [0, 0.05) is 44.8 Å². The van der Waals surface area contributed by atoms with Gasteiger partial charge in [-0.05, 0) is 26.1 Å². The van der Waals surface area contributed by atoms with Gasteiger partial charge in [0.1, 0.15) is 0 Å². The molecule has 0 bridgehead atoms. The fraction of sp³-hybridized carbons (Fsp3) is 0.667. The second kappa shape index (κ2) is 6.63. The summed E-state index contributed by atoms with van der Waals surface area (Å²) >= 11 is 0. The first-order chi connectivity index (χ1) is 9.52. The molecular formula is C15H25N3O2. The van der Waals surface area contributed by atoms with E-state index in [9.17, 15) is 5.11 Å². The molecule has 5 nitrogen and oxygen atoms in total. The van der Waals surface area contributed by atoms with Crippen LogP contribution in [0.5, 0.6) is 0 Å². The zero-order chi connectivity index (χ0) is 14.6. The van der Waals surface area contributed by atoms with Crippen molar-refractivity contribution in [2.24, 2.45) is 5.73 Å². The van der Waals surface area contributed by atoms with E-state index in [1.165, 1.54) is 0 Å². The van der Waals surface area contributed by atoms with Crippen molar-refractivity contribution in [3.8, 4) is 0 Å². The second-order valence-electron chi connectivity index (χ2n) is 5.81. The van der Waals surface area contributed by atoms with E-state index in [-0.39, 0.29) is 12.1 Å². The molecule has 0 radical (unpaired) electrons. The lowest BCUT2D eigenvalue weighted by atomic mass is 9.92. The lowest BCUT2D eigenvalue weighted by Gasteiger charge is -2.39. The number of hydrogen-bond acceptors (Lipinski definition) is 5. The highest BCUT2D eigenvalue weighted by atomic mass is 16.5. The molecule has 5 heteroatoms. The molecule has 3 N–H and O–H groups in total. The largest absolute Gasteiger partial charge is 0.388 e. The molecule has 112 valence electrons. The lowest BCUT2D eigenvalue weighted by Crippen LogP contribution is -2.49. The van der Waals surface area contributed by atoms with Crippen molar-refractivity contribution in [1.29, 1.82) is 0 Å². The van der Waals surface area contributed by atoms with Crippen LogP contribution in [-0.2, 0) is 4.74 Å². The average molecular weight is 279 g/mol. The number of nitrogens with two attached hydrogens (primary N) is 1. The number of nitrogens with zero attached hydrogens (tertiary/aromatic N) is 2. The number of ether oxygens (including phenoxy) is 1. The van der Waals surface area contributed by atoms with Crippen LogP contribution in [0, 0.1) is 0 Å². The van der Waals surface area contributed by atoms with E-state index in [1.807, 2.05) is 32.2 Å². The van der Waals surface area contributed by atoms with Crippen LogP contribution in [0.15, 0.2) is 24.4 Å². The molecule has 1 saturated heterocycles. The molecule has 2 rings (SSSR count). The highest BCUT2D eigenvalue weighted by molar-refractivity contribution is 5.11. The van der Waals surface area contributed by atoms with Gasteiger partial charge in [0.2, 0.25) is 0 Å². The number of aliphatic hydroxyl groups is 1. The van der Waals surface area contributed by atoms with Crippen molar-refractivity contribution in [2.45, 2.75) is 37.5 Å². The van der Waals surface area contributed by atoms with E-state index in [4.69, 9.17) is 10.5 Å². The Morgan fingerprint density at radius 2 is 2.15 bits per heavy atom. The van der Waals surface area contributed by atoms with Crippen LogP contribution in [-0.4, -0.2) is 53.4 Å². The summed E-state index contributed by atoms with van der Waals surface area (Å²) in [5.41, 5.74) is 6.39. The molecule has 0 aliphatic carbocycles. The van der Waals surface area contributed by atoms with Crippen molar-refractivity contribution in [3.05, 3.63) is 30.1 Å². The first kappa shape index (κ1) is 15.4. The Morgan fingerprint density at radius 1 is 1.45 bits per heavy atom. The fourth-order valence-corrected chi connectivity index (χ4v) is 2.92. The smallest absolute Gasteiger partial charge is 0.0818 e. The van der Waals surface area contributed by atoms with Crippen molar-refractivity contribution < 1.29 is 9.84 Å². The lowest BCUT2D eigenvalue weighted by molar-refractivity contribution is -0.0826. The number of rotatable bonds is 5. The summed E-state index contributed by atoms with van der Waals surface area (Å²) < 4.78 is 5.32. The van der Waals surface area contributed by atoms with Crippen molar-refractivity contribution in [1.82, 2.24) is 9.88 Å². The molecule has 1 fully saturated rings. The SMILES string of the molecule is CC(N)C(c1ccccn1)N(C)CC1(O)CCOCC1. The standard InChI is InChI=1S/C15H25N3O2/c1-12(16)14(13-5-3-4-8-17-13)18(2)11-15(19)6-9-20-10-7-15/h3-5,8,12,14,19H,6-7,9-11,16H2,1-2H3. The molecule has 0 saturated carbocycles. The highest BCUT2D eigenvalue weighted by Crippen LogP contribution is 2.26. The summed E-state index contributed by atoms with van der Waals surface area (Å²) in [5.74, 6) is 0. The molecule has 2 heterocycles. The minimum absolute atomic E-state index is 0.00284. The number of aromatic nitrogens is 1. The molecule has 2 atom stereocenters. The van der Waals surface area contributed by atoms with Gasteiger partial charge < -0.3 is 15.6 Å². The zero-order valence-corrected chi connectivity index (χ0v) is 12.3. The van der Waals surface area contributed by atoms with Gasteiger partial charge in [-0.1, -0.05) is 6.07 Å². The topological polar surface area (TPSA) is 71.6 Å². The quantitative estimate of drug-likeness (QED) is 0.839. The number of pyridine rings is 1. The van der Waals surface area contributed by atoms with E-state index < -0.39 is 5.60 Å². The Hall–Kier alpha value is -1.01. The fourth-order valence-electron chi connectivity index (χ4n) is 2.92. The van der Waals surface area contributed by atoms with Gasteiger partial charge in [0.05, 0.1) is 17.3 Å². The van der Waals surface area contributed by atoms with E-state index in [2.05, 4.69) is 9.88 Å². The second-order valence-corrected chi connectivity index (χ2v) is 5.81. The van der Waals surface area contributed by atoms with Crippen LogP contribution in [0.1, 0.15) is 31.5 Å².